The monoisotopic (exact) mass is 322 g/mol. The molecule has 0 aliphatic carbocycles. The fraction of sp³-hybridized carbons (Fsp3) is 0.529. The van der Waals surface area contributed by atoms with Gasteiger partial charge in [0.2, 0.25) is 5.91 Å². The topological polar surface area (TPSA) is 49.4 Å². The molecule has 120 valence electrons. The highest BCUT2D eigenvalue weighted by Gasteiger charge is 2.23. The second kappa shape index (κ2) is 8.18. The summed E-state index contributed by atoms with van der Waals surface area (Å²) in [5.74, 6) is 0.661. The molecule has 2 amide bonds. The number of hydrogen-bond acceptors (Lipinski definition) is 2. The average molecular weight is 323 g/mol. The summed E-state index contributed by atoms with van der Waals surface area (Å²) in [6.45, 7) is 3.39. The maximum atomic E-state index is 12.2. The van der Waals surface area contributed by atoms with Crippen molar-refractivity contribution in [2.45, 2.75) is 38.6 Å². The number of halogens is 1. The van der Waals surface area contributed by atoms with Gasteiger partial charge in [0.05, 0.1) is 0 Å². The van der Waals surface area contributed by atoms with Crippen molar-refractivity contribution in [3.05, 3.63) is 35.4 Å². The van der Waals surface area contributed by atoms with E-state index in [1.165, 1.54) is 0 Å². The molecule has 2 rings (SSSR count). The van der Waals surface area contributed by atoms with Gasteiger partial charge in [-0.05, 0) is 38.3 Å². The van der Waals surface area contributed by atoms with Gasteiger partial charge in [0, 0.05) is 37.0 Å². The zero-order chi connectivity index (χ0) is 15.9. The number of likely N-dealkylation sites (tertiary alicyclic amines) is 1. The van der Waals surface area contributed by atoms with E-state index in [1.807, 2.05) is 36.1 Å². The van der Waals surface area contributed by atoms with Crippen molar-refractivity contribution < 1.29 is 9.59 Å². The highest BCUT2D eigenvalue weighted by Crippen LogP contribution is 2.13. The van der Waals surface area contributed by atoms with E-state index in [4.69, 9.17) is 11.6 Å². The van der Waals surface area contributed by atoms with Crippen molar-refractivity contribution in [3.8, 4) is 0 Å². The minimum atomic E-state index is -0.0318. The summed E-state index contributed by atoms with van der Waals surface area (Å²) in [7, 11) is 0. The van der Waals surface area contributed by atoms with Crippen molar-refractivity contribution in [2.75, 3.05) is 19.0 Å². The second-order valence-electron chi connectivity index (χ2n) is 5.79. The van der Waals surface area contributed by atoms with Crippen LogP contribution in [0.3, 0.4) is 0 Å². The summed E-state index contributed by atoms with van der Waals surface area (Å²) in [5.41, 5.74) is 1.77. The van der Waals surface area contributed by atoms with Gasteiger partial charge in [-0.15, -0.1) is 11.6 Å². The Labute approximate surface area is 136 Å². The average Bonchev–Trinajstić information content (AvgIpc) is 2.53. The zero-order valence-electron chi connectivity index (χ0n) is 13.0. The lowest BCUT2D eigenvalue weighted by molar-refractivity contribution is -0.132. The van der Waals surface area contributed by atoms with Crippen LogP contribution in [0.1, 0.15) is 41.6 Å². The van der Waals surface area contributed by atoms with E-state index >= 15 is 0 Å². The molecule has 1 aliphatic heterocycles. The number of benzene rings is 1. The quantitative estimate of drug-likeness (QED) is 0.847. The number of alkyl halides is 1. The third-order valence-electron chi connectivity index (χ3n) is 3.99. The molecule has 22 heavy (non-hydrogen) atoms. The molecule has 4 nitrogen and oxygen atoms in total. The molecule has 0 saturated carbocycles. The van der Waals surface area contributed by atoms with E-state index < -0.39 is 0 Å². The van der Waals surface area contributed by atoms with Crippen molar-refractivity contribution in [2.24, 2.45) is 0 Å². The lowest BCUT2D eigenvalue weighted by Gasteiger charge is -2.32. The molecule has 0 radical (unpaired) electrons. The molecule has 1 aromatic rings. The first kappa shape index (κ1) is 16.8. The van der Waals surface area contributed by atoms with E-state index in [1.54, 1.807) is 0 Å². The van der Waals surface area contributed by atoms with Crippen LogP contribution in [0, 0.1) is 6.92 Å². The van der Waals surface area contributed by atoms with E-state index in [0.717, 1.165) is 24.8 Å². The van der Waals surface area contributed by atoms with Crippen molar-refractivity contribution in [1.29, 1.82) is 0 Å². The molecule has 0 unspecified atom stereocenters. The maximum Gasteiger partial charge on any atom is 0.251 e. The number of aryl methyl sites for hydroxylation is 1. The van der Waals surface area contributed by atoms with Gasteiger partial charge < -0.3 is 10.2 Å². The molecule has 0 aromatic heterocycles. The summed E-state index contributed by atoms with van der Waals surface area (Å²) < 4.78 is 0. The first-order valence-electron chi connectivity index (χ1n) is 7.81. The van der Waals surface area contributed by atoms with Crippen LogP contribution in [0.15, 0.2) is 24.3 Å². The van der Waals surface area contributed by atoms with E-state index in [9.17, 15) is 9.59 Å². The summed E-state index contributed by atoms with van der Waals surface area (Å²) >= 11 is 5.62. The van der Waals surface area contributed by atoms with Gasteiger partial charge in [-0.1, -0.05) is 17.7 Å². The molecular formula is C17H23ClN2O2. The minimum absolute atomic E-state index is 0.0318. The van der Waals surface area contributed by atoms with Crippen LogP contribution in [-0.4, -0.2) is 41.7 Å². The van der Waals surface area contributed by atoms with Crippen LogP contribution in [0.4, 0.5) is 0 Å². The zero-order valence-corrected chi connectivity index (χ0v) is 13.7. The lowest BCUT2D eigenvalue weighted by Crippen LogP contribution is -2.46. The SMILES string of the molecule is Cc1cccc(C(=O)NC2CCN(C(=O)CCCCl)CC2)c1. The standard InChI is InChI=1S/C17H23ClN2O2/c1-13-4-2-5-14(12-13)17(22)19-15-7-10-20(11-8-15)16(21)6-3-9-18/h2,4-5,12,15H,3,6-11H2,1H3,(H,19,22). The Bertz CT molecular complexity index is 525. The van der Waals surface area contributed by atoms with E-state index in [2.05, 4.69) is 5.32 Å². The van der Waals surface area contributed by atoms with Gasteiger partial charge >= 0.3 is 0 Å². The number of piperidine rings is 1. The molecular weight excluding hydrogens is 300 g/mol. The summed E-state index contributed by atoms with van der Waals surface area (Å²) in [5, 5.41) is 3.07. The van der Waals surface area contributed by atoms with Crippen LogP contribution in [-0.2, 0) is 4.79 Å². The number of amides is 2. The van der Waals surface area contributed by atoms with Gasteiger partial charge in [-0.3, -0.25) is 9.59 Å². The molecule has 0 spiro atoms. The van der Waals surface area contributed by atoms with Crippen LogP contribution < -0.4 is 5.32 Å². The molecule has 1 N–H and O–H groups in total. The predicted molar refractivity (Wildman–Crippen MR) is 88.2 cm³/mol. The second-order valence-corrected chi connectivity index (χ2v) is 6.17. The largest absolute Gasteiger partial charge is 0.349 e. The smallest absolute Gasteiger partial charge is 0.251 e. The van der Waals surface area contributed by atoms with Crippen molar-refractivity contribution in [1.82, 2.24) is 10.2 Å². The Morgan fingerprint density at radius 3 is 2.68 bits per heavy atom. The predicted octanol–water partition coefficient (Wildman–Crippen LogP) is 2.73. The van der Waals surface area contributed by atoms with Crippen molar-refractivity contribution in [3.63, 3.8) is 0 Å². The Morgan fingerprint density at radius 2 is 2.05 bits per heavy atom. The Kier molecular flexibility index (Phi) is 6.25. The summed E-state index contributed by atoms with van der Waals surface area (Å²) in [4.78, 5) is 26.0. The highest BCUT2D eigenvalue weighted by atomic mass is 35.5. The van der Waals surface area contributed by atoms with Crippen LogP contribution in [0.5, 0.6) is 0 Å². The Balaban J connectivity index is 1.80. The minimum Gasteiger partial charge on any atom is -0.349 e. The van der Waals surface area contributed by atoms with Crippen LogP contribution in [0.25, 0.3) is 0 Å². The lowest BCUT2D eigenvalue weighted by atomic mass is 10.0. The number of hydrogen-bond donors (Lipinski definition) is 1. The van der Waals surface area contributed by atoms with Crippen LogP contribution in [0.2, 0.25) is 0 Å². The molecule has 1 aliphatic rings. The fourth-order valence-electron chi connectivity index (χ4n) is 2.70. The number of rotatable bonds is 5. The van der Waals surface area contributed by atoms with Gasteiger partial charge in [0.25, 0.3) is 5.91 Å². The molecule has 0 bridgehead atoms. The molecule has 1 heterocycles. The molecule has 5 heteroatoms. The normalized spacial score (nSPS) is 15.6. The summed E-state index contributed by atoms with van der Waals surface area (Å²) in [6, 6.07) is 7.72. The Morgan fingerprint density at radius 1 is 1.32 bits per heavy atom. The fourth-order valence-corrected chi connectivity index (χ4v) is 2.84. The summed E-state index contributed by atoms with van der Waals surface area (Å²) in [6.07, 6.45) is 2.86. The van der Waals surface area contributed by atoms with E-state index in [0.29, 0.717) is 31.0 Å². The molecule has 1 saturated heterocycles. The molecule has 1 aromatic carbocycles. The Hall–Kier alpha value is -1.55. The highest BCUT2D eigenvalue weighted by molar-refractivity contribution is 6.17. The molecule has 1 fully saturated rings. The number of nitrogens with zero attached hydrogens (tertiary/aromatic N) is 1. The number of carbonyl (C=O) groups is 2. The van der Waals surface area contributed by atoms with E-state index in [-0.39, 0.29) is 17.9 Å². The molecule has 0 atom stereocenters. The van der Waals surface area contributed by atoms with Crippen LogP contribution >= 0.6 is 11.6 Å². The number of carbonyl (C=O) groups excluding carboxylic acids is 2. The van der Waals surface area contributed by atoms with Gasteiger partial charge in [-0.25, -0.2) is 0 Å². The van der Waals surface area contributed by atoms with Crippen molar-refractivity contribution >= 4 is 23.4 Å². The van der Waals surface area contributed by atoms with Gasteiger partial charge in [0.15, 0.2) is 0 Å². The third kappa shape index (κ3) is 4.73. The number of nitrogens with one attached hydrogen (secondary N) is 1. The van der Waals surface area contributed by atoms with Gasteiger partial charge in [0.1, 0.15) is 0 Å². The first-order chi connectivity index (χ1) is 10.6. The first-order valence-corrected chi connectivity index (χ1v) is 8.35. The third-order valence-corrected chi connectivity index (χ3v) is 4.25. The van der Waals surface area contributed by atoms with Gasteiger partial charge in [-0.2, -0.15) is 0 Å². The maximum absolute atomic E-state index is 12.2.